The number of carbonyl (C=O) groups excluding carboxylic acids is 1. The summed E-state index contributed by atoms with van der Waals surface area (Å²) in [6, 6.07) is 4.38. The maximum atomic E-state index is 11.3. The van der Waals surface area contributed by atoms with E-state index in [0.29, 0.717) is 11.1 Å². The van der Waals surface area contributed by atoms with Gasteiger partial charge in [0.15, 0.2) is 5.78 Å². The van der Waals surface area contributed by atoms with Crippen molar-refractivity contribution in [2.24, 2.45) is 5.73 Å². The topological polar surface area (TPSA) is 86.2 Å². The minimum absolute atomic E-state index is 0.0516. The molecular formula is C9H10N2O3. The second-order valence-electron chi connectivity index (χ2n) is 2.83. The first-order valence-electron chi connectivity index (χ1n) is 4.05. The minimum atomic E-state index is -0.511. The molecule has 1 aromatic rings. The van der Waals surface area contributed by atoms with E-state index < -0.39 is 4.92 Å². The Balaban J connectivity index is 3.27. The summed E-state index contributed by atoms with van der Waals surface area (Å²) in [7, 11) is 0. The molecule has 0 aromatic heterocycles. The highest BCUT2D eigenvalue weighted by molar-refractivity contribution is 5.99. The molecule has 74 valence electrons. The van der Waals surface area contributed by atoms with Gasteiger partial charge in [-0.3, -0.25) is 14.9 Å². The van der Waals surface area contributed by atoms with Gasteiger partial charge in [0.05, 0.1) is 11.5 Å². The highest BCUT2D eigenvalue weighted by Gasteiger charge is 2.16. The van der Waals surface area contributed by atoms with Gasteiger partial charge in [0.1, 0.15) is 0 Å². The van der Waals surface area contributed by atoms with Gasteiger partial charge in [0.2, 0.25) is 0 Å². The van der Waals surface area contributed by atoms with Crippen LogP contribution in [0.1, 0.15) is 15.9 Å². The lowest BCUT2D eigenvalue weighted by Crippen LogP contribution is -2.15. The number of nitrogens with two attached hydrogens (primary N) is 1. The van der Waals surface area contributed by atoms with Crippen molar-refractivity contribution < 1.29 is 9.72 Å². The number of nitro benzene ring substituents is 1. The predicted molar refractivity (Wildman–Crippen MR) is 51.2 cm³/mol. The third kappa shape index (κ3) is 1.77. The Morgan fingerprint density at radius 3 is 2.71 bits per heavy atom. The first kappa shape index (κ1) is 10.3. The number of nitro groups is 1. The van der Waals surface area contributed by atoms with Crippen molar-refractivity contribution in [3.8, 4) is 0 Å². The summed E-state index contributed by atoms with van der Waals surface area (Å²) in [6.45, 7) is 1.41. The fraction of sp³-hybridized carbons (Fsp3) is 0.222. The van der Waals surface area contributed by atoms with Gasteiger partial charge in [0, 0.05) is 17.2 Å². The number of rotatable bonds is 3. The average molecular weight is 194 g/mol. The molecule has 5 heteroatoms. The standard InChI is InChI=1S/C9H10N2O3/c1-6-7(9(12)5-10)3-2-4-8(6)11(13)14/h2-4H,5,10H2,1H3. The lowest BCUT2D eigenvalue weighted by atomic mass is 10.0. The van der Waals surface area contributed by atoms with Crippen LogP contribution in [-0.2, 0) is 0 Å². The van der Waals surface area contributed by atoms with Crippen molar-refractivity contribution >= 4 is 11.5 Å². The van der Waals surface area contributed by atoms with Crippen LogP contribution in [0.4, 0.5) is 5.69 Å². The van der Waals surface area contributed by atoms with E-state index in [2.05, 4.69) is 0 Å². The molecule has 0 aliphatic heterocycles. The van der Waals surface area contributed by atoms with Crippen LogP contribution in [0.15, 0.2) is 18.2 Å². The summed E-state index contributed by atoms with van der Waals surface area (Å²) < 4.78 is 0. The number of carbonyl (C=O) groups is 1. The molecule has 0 bridgehead atoms. The summed E-state index contributed by atoms with van der Waals surface area (Å²) in [4.78, 5) is 21.3. The third-order valence-corrected chi connectivity index (χ3v) is 1.99. The molecule has 0 saturated heterocycles. The van der Waals surface area contributed by atoms with Crippen molar-refractivity contribution in [2.45, 2.75) is 6.92 Å². The number of benzene rings is 1. The van der Waals surface area contributed by atoms with E-state index >= 15 is 0 Å². The number of hydrogen-bond acceptors (Lipinski definition) is 4. The maximum absolute atomic E-state index is 11.3. The fourth-order valence-electron chi connectivity index (χ4n) is 1.23. The third-order valence-electron chi connectivity index (χ3n) is 1.99. The Kier molecular flexibility index (Phi) is 2.93. The highest BCUT2D eigenvalue weighted by Crippen LogP contribution is 2.20. The SMILES string of the molecule is Cc1c(C(=O)CN)cccc1[N+](=O)[O-]. The molecule has 0 fully saturated rings. The molecule has 0 radical (unpaired) electrons. The number of ketones is 1. The van der Waals surface area contributed by atoms with E-state index in [-0.39, 0.29) is 18.0 Å². The van der Waals surface area contributed by atoms with Gasteiger partial charge in [-0.2, -0.15) is 0 Å². The maximum Gasteiger partial charge on any atom is 0.273 e. The smallest absolute Gasteiger partial charge is 0.273 e. The van der Waals surface area contributed by atoms with Crippen LogP contribution in [0.2, 0.25) is 0 Å². The van der Waals surface area contributed by atoms with E-state index in [1.165, 1.54) is 18.2 Å². The molecule has 2 N–H and O–H groups in total. The van der Waals surface area contributed by atoms with E-state index in [4.69, 9.17) is 5.73 Å². The van der Waals surface area contributed by atoms with E-state index in [9.17, 15) is 14.9 Å². The summed E-state index contributed by atoms with van der Waals surface area (Å²) in [6.07, 6.45) is 0. The van der Waals surface area contributed by atoms with Gasteiger partial charge in [-0.15, -0.1) is 0 Å². The van der Waals surface area contributed by atoms with E-state index in [1.807, 2.05) is 0 Å². The van der Waals surface area contributed by atoms with Crippen LogP contribution in [0.5, 0.6) is 0 Å². The van der Waals surface area contributed by atoms with Gasteiger partial charge >= 0.3 is 0 Å². The van der Waals surface area contributed by atoms with Crippen molar-refractivity contribution in [1.82, 2.24) is 0 Å². The van der Waals surface area contributed by atoms with Crippen LogP contribution < -0.4 is 5.73 Å². The number of nitrogens with zero attached hydrogens (tertiary/aromatic N) is 1. The first-order valence-corrected chi connectivity index (χ1v) is 4.05. The normalized spacial score (nSPS) is 9.86. The Bertz CT molecular complexity index is 388. The van der Waals surface area contributed by atoms with Crippen molar-refractivity contribution in [2.75, 3.05) is 6.54 Å². The summed E-state index contributed by atoms with van der Waals surface area (Å²) >= 11 is 0. The molecule has 0 spiro atoms. The van der Waals surface area contributed by atoms with Crippen LogP contribution in [-0.4, -0.2) is 17.3 Å². The summed E-state index contributed by atoms with van der Waals surface area (Å²) in [5.74, 6) is -0.286. The number of hydrogen-bond donors (Lipinski definition) is 1. The second-order valence-corrected chi connectivity index (χ2v) is 2.83. The zero-order chi connectivity index (χ0) is 10.7. The Morgan fingerprint density at radius 1 is 1.57 bits per heavy atom. The van der Waals surface area contributed by atoms with Crippen LogP contribution in [0.25, 0.3) is 0 Å². The monoisotopic (exact) mass is 194 g/mol. The van der Waals surface area contributed by atoms with Gasteiger partial charge in [-0.05, 0) is 6.92 Å². The van der Waals surface area contributed by atoms with Crippen molar-refractivity contribution in [3.63, 3.8) is 0 Å². The number of Topliss-reactive ketones (excluding diaryl/α,β-unsaturated/α-hetero) is 1. The Labute approximate surface area is 80.7 Å². The van der Waals surface area contributed by atoms with Gasteiger partial charge < -0.3 is 5.73 Å². The predicted octanol–water partition coefficient (Wildman–Crippen LogP) is 1.04. The molecule has 5 nitrogen and oxygen atoms in total. The molecule has 0 aliphatic rings. The lowest BCUT2D eigenvalue weighted by molar-refractivity contribution is -0.385. The first-order chi connectivity index (χ1) is 6.57. The molecule has 0 heterocycles. The van der Waals surface area contributed by atoms with E-state index in [1.54, 1.807) is 6.92 Å². The van der Waals surface area contributed by atoms with E-state index in [0.717, 1.165) is 0 Å². The highest BCUT2D eigenvalue weighted by atomic mass is 16.6. The molecule has 0 amide bonds. The molecule has 0 aliphatic carbocycles. The van der Waals surface area contributed by atoms with Crippen LogP contribution in [0, 0.1) is 17.0 Å². The zero-order valence-electron chi connectivity index (χ0n) is 7.69. The van der Waals surface area contributed by atoms with Crippen molar-refractivity contribution in [3.05, 3.63) is 39.4 Å². The van der Waals surface area contributed by atoms with Crippen molar-refractivity contribution in [1.29, 1.82) is 0 Å². The van der Waals surface area contributed by atoms with Gasteiger partial charge in [-0.1, -0.05) is 12.1 Å². The summed E-state index contributed by atoms with van der Waals surface area (Å²) in [5, 5.41) is 10.5. The van der Waals surface area contributed by atoms with Crippen LogP contribution >= 0.6 is 0 Å². The minimum Gasteiger partial charge on any atom is -0.324 e. The molecule has 14 heavy (non-hydrogen) atoms. The molecule has 1 rings (SSSR count). The average Bonchev–Trinajstić information content (AvgIpc) is 2.16. The molecule has 0 saturated carbocycles. The van der Waals surface area contributed by atoms with Crippen LogP contribution in [0.3, 0.4) is 0 Å². The molecular weight excluding hydrogens is 184 g/mol. The fourth-order valence-corrected chi connectivity index (χ4v) is 1.23. The molecule has 0 unspecified atom stereocenters. The second kappa shape index (κ2) is 3.97. The summed E-state index contributed by atoms with van der Waals surface area (Å²) in [5.41, 5.74) is 5.82. The Morgan fingerprint density at radius 2 is 2.21 bits per heavy atom. The quantitative estimate of drug-likeness (QED) is 0.442. The van der Waals surface area contributed by atoms with Gasteiger partial charge in [0.25, 0.3) is 5.69 Å². The molecule has 0 atom stereocenters. The molecule has 1 aromatic carbocycles. The van der Waals surface area contributed by atoms with Gasteiger partial charge in [-0.25, -0.2) is 0 Å². The lowest BCUT2D eigenvalue weighted by Gasteiger charge is -2.02. The largest absolute Gasteiger partial charge is 0.324 e. The zero-order valence-corrected chi connectivity index (χ0v) is 7.69. The Hall–Kier alpha value is -1.75.